The van der Waals surface area contributed by atoms with Crippen LogP contribution in [0.3, 0.4) is 0 Å². The molecule has 3 aromatic carbocycles. The van der Waals surface area contributed by atoms with Crippen molar-refractivity contribution in [1.82, 2.24) is 14.8 Å². The van der Waals surface area contributed by atoms with Gasteiger partial charge >= 0.3 is 0 Å². The van der Waals surface area contributed by atoms with Crippen molar-refractivity contribution < 1.29 is 5.11 Å². The fraction of sp³-hybridized carbons (Fsp3) is 0.0741. The highest BCUT2D eigenvalue weighted by Gasteiger charge is 2.24. The highest BCUT2D eigenvalue weighted by Crippen LogP contribution is 2.46. The minimum Gasteiger partial charge on any atom is -0.507 e. The lowest BCUT2D eigenvalue weighted by Crippen LogP contribution is -1.99. The van der Waals surface area contributed by atoms with Crippen molar-refractivity contribution >= 4 is 16.7 Å². The van der Waals surface area contributed by atoms with Crippen molar-refractivity contribution in [3.63, 3.8) is 0 Å². The first-order valence-corrected chi connectivity index (χ1v) is 10.3. The summed E-state index contributed by atoms with van der Waals surface area (Å²) in [7, 11) is 0. The molecule has 2 aromatic heterocycles. The van der Waals surface area contributed by atoms with Crippen LogP contribution in [0.5, 0.6) is 5.75 Å². The van der Waals surface area contributed by atoms with Crippen molar-refractivity contribution in [1.29, 1.82) is 0 Å². The first-order valence-electron chi connectivity index (χ1n) is 10.3. The van der Waals surface area contributed by atoms with E-state index in [1.165, 1.54) is 0 Å². The molecule has 5 aromatic rings. The molecule has 0 bridgehead atoms. The third-order valence-electron chi connectivity index (χ3n) is 5.54. The molecule has 0 aliphatic heterocycles. The molecule has 0 atom stereocenters. The molecule has 0 unspecified atom stereocenters. The number of fused-ring (bicyclic) bond motifs is 1. The van der Waals surface area contributed by atoms with E-state index in [1.54, 1.807) is 16.8 Å². The van der Waals surface area contributed by atoms with Crippen molar-refractivity contribution in [3.05, 3.63) is 102 Å². The summed E-state index contributed by atoms with van der Waals surface area (Å²) in [5, 5.41) is 16.2. The lowest BCUT2D eigenvalue weighted by molar-refractivity contribution is 0.477. The van der Waals surface area contributed by atoms with Crippen molar-refractivity contribution in [2.24, 2.45) is 0 Å². The Morgan fingerprint density at radius 1 is 0.906 bits per heavy atom. The average molecular weight is 416 g/mol. The molecule has 1 N–H and O–H groups in total. The van der Waals surface area contributed by atoms with Gasteiger partial charge in [0, 0.05) is 16.5 Å². The third-order valence-corrected chi connectivity index (χ3v) is 5.54. The number of aromatic hydroxyl groups is 1. The van der Waals surface area contributed by atoms with Crippen LogP contribution in [0, 0.1) is 20.4 Å². The zero-order valence-electron chi connectivity index (χ0n) is 17.7. The van der Waals surface area contributed by atoms with E-state index in [4.69, 9.17) is 16.7 Å². The lowest BCUT2D eigenvalue weighted by Gasteiger charge is -2.14. The molecule has 0 aliphatic rings. The van der Waals surface area contributed by atoms with E-state index in [1.807, 2.05) is 80.6 Å². The molecule has 0 aliphatic carbocycles. The molecule has 0 fully saturated rings. The van der Waals surface area contributed by atoms with Crippen molar-refractivity contribution in [3.8, 4) is 33.8 Å². The van der Waals surface area contributed by atoms with Gasteiger partial charge in [0.15, 0.2) is 5.65 Å². The number of hydrogen-bond acceptors (Lipinski definition) is 3. The molecule has 0 saturated carbocycles. The zero-order chi connectivity index (χ0) is 22.2. The molecule has 0 saturated heterocycles. The molecule has 2 heterocycles. The first kappa shape index (κ1) is 19.5. The summed E-state index contributed by atoms with van der Waals surface area (Å²) in [5.74, 6) is 0.118. The van der Waals surface area contributed by atoms with Crippen LogP contribution in [0.1, 0.15) is 11.3 Å². The molecular formula is C27H20N4O. The Balaban J connectivity index is 1.97. The number of nitrogens with zero attached hydrogens (tertiary/aromatic N) is 4. The van der Waals surface area contributed by atoms with Gasteiger partial charge in [0.2, 0.25) is 5.69 Å². The standard InChI is InChI=1S/C27H20N4O/c1-17-10-9-11-19(16-17)25-26(28-3)24(21-14-7-8-15-22(21)32)23-18(2)30-31(27(23)29-25)20-12-5-4-6-13-20/h4-16,32H,1-2H3. The molecule has 154 valence electrons. The number of phenolic OH excluding ortho intramolecular Hbond substituents is 1. The second-order valence-electron chi connectivity index (χ2n) is 7.71. The topological polar surface area (TPSA) is 55.3 Å². The number of aromatic nitrogens is 3. The van der Waals surface area contributed by atoms with Crippen molar-refractivity contribution in [2.45, 2.75) is 13.8 Å². The van der Waals surface area contributed by atoms with Crippen LogP contribution in [0.15, 0.2) is 78.9 Å². The Morgan fingerprint density at radius 2 is 1.66 bits per heavy atom. The molecule has 5 nitrogen and oxygen atoms in total. The normalized spacial score (nSPS) is 10.9. The van der Waals surface area contributed by atoms with Gasteiger partial charge in [-0.3, -0.25) is 0 Å². The SMILES string of the molecule is [C-]#[N+]c1c(-c2cccc(C)c2)nc2c(c(C)nn2-c2ccccc2)c1-c1ccccc1O. The van der Waals surface area contributed by atoms with Gasteiger partial charge in [-0.25, -0.2) is 14.5 Å². The Bertz CT molecular complexity index is 1510. The maximum atomic E-state index is 10.7. The molecular weight excluding hydrogens is 396 g/mol. The van der Waals surface area contributed by atoms with E-state index in [0.717, 1.165) is 27.9 Å². The Hall–Kier alpha value is -4.43. The summed E-state index contributed by atoms with van der Waals surface area (Å²) in [4.78, 5) is 8.88. The summed E-state index contributed by atoms with van der Waals surface area (Å²) in [6.07, 6.45) is 0. The Morgan fingerprint density at radius 3 is 2.38 bits per heavy atom. The van der Waals surface area contributed by atoms with E-state index < -0.39 is 0 Å². The number of para-hydroxylation sites is 2. The van der Waals surface area contributed by atoms with Crippen molar-refractivity contribution in [2.75, 3.05) is 0 Å². The Labute approximate surface area is 186 Å². The van der Waals surface area contributed by atoms with E-state index in [9.17, 15) is 5.11 Å². The molecule has 0 spiro atoms. The molecule has 32 heavy (non-hydrogen) atoms. The minimum atomic E-state index is 0.118. The van der Waals surface area contributed by atoms with Gasteiger partial charge in [0.05, 0.1) is 23.6 Å². The van der Waals surface area contributed by atoms with Gasteiger partial charge in [-0.15, -0.1) is 0 Å². The van der Waals surface area contributed by atoms with Gasteiger partial charge in [-0.2, -0.15) is 5.10 Å². The number of rotatable bonds is 3. The number of benzene rings is 3. The van der Waals surface area contributed by atoms with E-state index in [0.29, 0.717) is 28.2 Å². The van der Waals surface area contributed by atoms with Crippen LogP contribution < -0.4 is 0 Å². The quantitative estimate of drug-likeness (QED) is 0.336. The van der Waals surface area contributed by atoms with Gasteiger partial charge in [-0.1, -0.05) is 66.2 Å². The van der Waals surface area contributed by atoms with Gasteiger partial charge in [0.1, 0.15) is 5.75 Å². The molecule has 5 rings (SSSR count). The Kier molecular flexibility index (Phi) is 4.68. The summed E-state index contributed by atoms with van der Waals surface area (Å²) in [6.45, 7) is 12.0. The highest BCUT2D eigenvalue weighted by atomic mass is 16.3. The number of hydrogen-bond donors (Lipinski definition) is 1. The molecule has 0 amide bonds. The monoisotopic (exact) mass is 416 g/mol. The predicted molar refractivity (Wildman–Crippen MR) is 127 cm³/mol. The third kappa shape index (κ3) is 3.10. The zero-order valence-corrected chi connectivity index (χ0v) is 17.7. The van der Waals surface area contributed by atoms with Gasteiger partial charge in [0.25, 0.3) is 0 Å². The van der Waals surface area contributed by atoms with E-state index >= 15 is 0 Å². The summed E-state index contributed by atoms with van der Waals surface area (Å²) in [5.41, 5.74) is 6.44. The lowest BCUT2D eigenvalue weighted by atomic mass is 9.95. The van der Waals surface area contributed by atoms with E-state index in [2.05, 4.69) is 4.85 Å². The van der Waals surface area contributed by atoms with Gasteiger partial charge < -0.3 is 5.11 Å². The molecule has 5 heteroatoms. The smallest absolute Gasteiger partial charge is 0.221 e. The number of aryl methyl sites for hydroxylation is 2. The average Bonchev–Trinajstić information content (AvgIpc) is 3.15. The fourth-order valence-electron chi connectivity index (χ4n) is 4.11. The summed E-state index contributed by atoms with van der Waals surface area (Å²) < 4.78 is 1.81. The van der Waals surface area contributed by atoms with Crippen LogP contribution in [0.2, 0.25) is 0 Å². The fourth-order valence-corrected chi connectivity index (χ4v) is 4.11. The first-order chi connectivity index (χ1) is 15.6. The van der Waals surface area contributed by atoms with Gasteiger partial charge in [-0.05, 0) is 37.6 Å². The summed E-state index contributed by atoms with van der Waals surface area (Å²) in [6, 6.07) is 24.9. The van der Waals surface area contributed by atoms with E-state index in [-0.39, 0.29) is 5.75 Å². The maximum absolute atomic E-state index is 10.7. The summed E-state index contributed by atoms with van der Waals surface area (Å²) >= 11 is 0. The second kappa shape index (κ2) is 7.68. The number of phenols is 1. The van der Waals surface area contributed by atoms with Crippen LogP contribution in [-0.4, -0.2) is 19.9 Å². The predicted octanol–water partition coefficient (Wildman–Crippen LogP) is 6.63. The molecule has 0 radical (unpaired) electrons. The van der Waals surface area contributed by atoms with Crippen LogP contribution in [0.25, 0.3) is 44.0 Å². The van der Waals surface area contributed by atoms with Crippen LogP contribution in [0.4, 0.5) is 5.69 Å². The maximum Gasteiger partial charge on any atom is 0.221 e. The number of pyridine rings is 1. The van der Waals surface area contributed by atoms with Crippen LogP contribution in [-0.2, 0) is 0 Å². The second-order valence-corrected chi connectivity index (χ2v) is 7.71. The minimum absolute atomic E-state index is 0.118. The largest absolute Gasteiger partial charge is 0.507 e. The highest BCUT2D eigenvalue weighted by molar-refractivity contribution is 6.07. The van der Waals surface area contributed by atoms with Crippen LogP contribution >= 0.6 is 0 Å².